The van der Waals surface area contributed by atoms with Gasteiger partial charge in [0.05, 0.1) is 17.1 Å². The summed E-state index contributed by atoms with van der Waals surface area (Å²) in [5.74, 6) is 0.0735. The van der Waals surface area contributed by atoms with Crippen molar-refractivity contribution in [1.29, 1.82) is 0 Å². The maximum absolute atomic E-state index is 12.6. The fourth-order valence-electron chi connectivity index (χ4n) is 3.32. The highest BCUT2D eigenvalue weighted by Crippen LogP contribution is 2.31. The zero-order valence-electron chi connectivity index (χ0n) is 15.9. The maximum atomic E-state index is 12.6. The van der Waals surface area contributed by atoms with Gasteiger partial charge in [-0.05, 0) is 31.0 Å². The van der Waals surface area contributed by atoms with E-state index in [-0.39, 0.29) is 29.0 Å². The molecule has 1 saturated heterocycles. The van der Waals surface area contributed by atoms with Crippen LogP contribution in [0, 0.1) is 0 Å². The molecule has 0 saturated carbocycles. The van der Waals surface area contributed by atoms with Gasteiger partial charge in [-0.3, -0.25) is 4.79 Å². The summed E-state index contributed by atoms with van der Waals surface area (Å²) in [5, 5.41) is 0. The number of rotatable bonds is 7. The summed E-state index contributed by atoms with van der Waals surface area (Å²) < 4.78 is 39.6. The minimum absolute atomic E-state index is 0.0292. The molecule has 2 heterocycles. The third kappa shape index (κ3) is 4.95. The number of benzene rings is 1. The molecule has 0 radical (unpaired) electrons. The van der Waals surface area contributed by atoms with Crippen LogP contribution in [0.1, 0.15) is 36.5 Å². The van der Waals surface area contributed by atoms with E-state index in [1.165, 1.54) is 6.07 Å². The molecule has 0 spiro atoms. The van der Waals surface area contributed by atoms with Crippen molar-refractivity contribution in [2.75, 3.05) is 37.9 Å². The predicted molar refractivity (Wildman–Crippen MR) is 101 cm³/mol. The van der Waals surface area contributed by atoms with Gasteiger partial charge in [-0.15, -0.1) is 0 Å². The number of nitrogens with zero attached hydrogens (tertiary/aromatic N) is 1. The van der Waals surface area contributed by atoms with Crippen LogP contribution in [-0.4, -0.2) is 69.1 Å². The van der Waals surface area contributed by atoms with Gasteiger partial charge >= 0.3 is 5.97 Å². The number of unbranched alkanes of at least 4 members (excludes halogenated alkanes) is 1. The zero-order valence-corrected chi connectivity index (χ0v) is 16.7. The van der Waals surface area contributed by atoms with Gasteiger partial charge in [0.1, 0.15) is 13.2 Å². The molecule has 1 aromatic carbocycles. The van der Waals surface area contributed by atoms with E-state index in [1.54, 1.807) is 17.0 Å². The molecule has 3 rings (SSSR count). The predicted octanol–water partition coefficient (Wildman–Crippen LogP) is 1.43. The lowest BCUT2D eigenvalue weighted by molar-refractivity contribution is -0.136. The van der Waals surface area contributed by atoms with Crippen LogP contribution in [0.4, 0.5) is 0 Å². The number of carbonyl (C=O) groups excluding carboxylic acids is 2. The van der Waals surface area contributed by atoms with E-state index in [1.807, 2.05) is 6.92 Å². The van der Waals surface area contributed by atoms with Crippen molar-refractivity contribution >= 4 is 21.7 Å². The maximum Gasteiger partial charge on any atom is 0.338 e. The van der Waals surface area contributed by atoms with E-state index in [0.717, 1.165) is 12.8 Å². The molecule has 28 heavy (non-hydrogen) atoms. The van der Waals surface area contributed by atoms with Crippen molar-refractivity contribution in [1.82, 2.24) is 4.90 Å². The number of hydrogen-bond donors (Lipinski definition) is 0. The summed E-state index contributed by atoms with van der Waals surface area (Å²) in [5.41, 5.74) is 0.264. The first kappa shape index (κ1) is 20.4. The van der Waals surface area contributed by atoms with Crippen LogP contribution >= 0.6 is 0 Å². The van der Waals surface area contributed by atoms with Crippen molar-refractivity contribution < 1.29 is 32.2 Å². The second-order valence-electron chi connectivity index (χ2n) is 6.93. The van der Waals surface area contributed by atoms with E-state index in [9.17, 15) is 18.0 Å². The topological polar surface area (TPSA) is 99.2 Å². The summed E-state index contributed by atoms with van der Waals surface area (Å²) in [4.78, 5) is 26.5. The molecule has 2 aliphatic heterocycles. The van der Waals surface area contributed by atoms with E-state index >= 15 is 0 Å². The van der Waals surface area contributed by atoms with Crippen LogP contribution in [0.15, 0.2) is 18.2 Å². The molecule has 1 aromatic rings. The minimum Gasteiger partial charge on any atom is -0.486 e. The van der Waals surface area contributed by atoms with Gasteiger partial charge in [0.2, 0.25) is 0 Å². The molecule has 2 aliphatic rings. The highest BCUT2D eigenvalue weighted by Gasteiger charge is 2.34. The first-order valence-electron chi connectivity index (χ1n) is 9.46. The molecule has 0 unspecified atom stereocenters. The van der Waals surface area contributed by atoms with Gasteiger partial charge < -0.3 is 19.1 Å². The lowest BCUT2D eigenvalue weighted by atomic mass is 10.2. The quantitative estimate of drug-likeness (QED) is 0.626. The first-order valence-corrected chi connectivity index (χ1v) is 11.3. The van der Waals surface area contributed by atoms with Crippen LogP contribution in [0.5, 0.6) is 11.5 Å². The Morgan fingerprint density at radius 1 is 1.21 bits per heavy atom. The number of esters is 1. The van der Waals surface area contributed by atoms with Gasteiger partial charge in [-0.25, -0.2) is 13.2 Å². The van der Waals surface area contributed by atoms with E-state index in [2.05, 4.69) is 0 Å². The molecule has 0 N–H and O–H groups in total. The molecular formula is C19H25NO7S. The Hall–Kier alpha value is -2.29. The smallest absolute Gasteiger partial charge is 0.338 e. The average molecular weight is 411 g/mol. The monoisotopic (exact) mass is 411 g/mol. The Morgan fingerprint density at radius 3 is 2.64 bits per heavy atom. The highest BCUT2D eigenvalue weighted by atomic mass is 32.2. The van der Waals surface area contributed by atoms with Crippen molar-refractivity contribution in [3.8, 4) is 11.5 Å². The molecule has 9 heteroatoms. The summed E-state index contributed by atoms with van der Waals surface area (Å²) in [7, 11) is -3.11. The number of ether oxygens (including phenoxy) is 3. The van der Waals surface area contributed by atoms with Crippen molar-refractivity contribution in [2.45, 2.75) is 32.2 Å². The van der Waals surface area contributed by atoms with Gasteiger partial charge in [-0.1, -0.05) is 13.3 Å². The molecule has 1 fully saturated rings. The fraction of sp³-hybridized carbons (Fsp3) is 0.579. The van der Waals surface area contributed by atoms with Crippen LogP contribution < -0.4 is 9.47 Å². The number of fused-ring (bicyclic) bond motifs is 1. The van der Waals surface area contributed by atoms with E-state index in [0.29, 0.717) is 37.7 Å². The lowest BCUT2D eigenvalue weighted by Gasteiger charge is -2.28. The number of carbonyl (C=O) groups is 2. The molecule has 1 amide bonds. The third-order valence-corrected chi connectivity index (χ3v) is 6.58. The Balaban J connectivity index is 1.61. The fourth-order valence-corrected chi connectivity index (χ4v) is 5.06. The van der Waals surface area contributed by atoms with Crippen molar-refractivity contribution in [2.24, 2.45) is 0 Å². The molecule has 0 aromatic heterocycles. The summed E-state index contributed by atoms with van der Waals surface area (Å²) in [6.45, 7) is 2.89. The van der Waals surface area contributed by atoms with Gasteiger partial charge in [0.15, 0.2) is 27.9 Å². The van der Waals surface area contributed by atoms with Crippen LogP contribution in [0.2, 0.25) is 0 Å². The second kappa shape index (κ2) is 8.81. The Morgan fingerprint density at radius 2 is 1.96 bits per heavy atom. The van der Waals surface area contributed by atoms with Crippen LogP contribution in [-0.2, 0) is 19.4 Å². The van der Waals surface area contributed by atoms with Gasteiger partial charge in [-0.2, -0.15) is 0 Å². The Bertz CT molecular complexity index is 837. The van der Waals surface area contributed by atoms with Crippen molar-refractivity contribution in [3.05, 3.63) is 23.8 Å². The largest absolute Gasteiger partial charge is 0.486 e. The summed E-state index contributed by atoms with van der Waals surface area (Å²) >= 11 is 0. The Labute approximate surface area is 164 Å². The van der Waals surface area contributed by atoms with Crippen molar-refractivity contribution in [3.63, 3.8) is 0 Å². The van der Waals surface area contributed by atoms with Crippen LogP contribution in [0.25, 0.3) is 0 Å². The number of amides is 1. The number of hydrogen-bond acceptors (Lipinski definition) is 7. The minimum atomic E-state index is -3.11. The standard InChI is InChI=1S/C19H25NO7S/c1-2-3-7-20(15-6-10-28(23,24)13-15)18(21)12-27-19(22)14-4-5-16-17(11-14)26-9-8-25-16/h4-5,11,15H,2-3,6-10,12-13H2,1H3/t15-/m1/s1. The van der Waals surface area contributed by atoms with E-state index in [4.69, 9.17) is 14.2 Å². The zero-order chi connectivity index (χ0) is 20.1. The first-order chi connectivity index (χ1) is 13.4. The molecule has 8 nitrogen and oxygen atoms in total. The highest BCUT2D eigenvalue weighted by molar-refractivity contribution is 7.91. The summed E-state index contributed by atoms with van der Waals surface area (Å²) in [6, 6.07) is 4.36. The molecule has 154 valence electrons. The average Bonchev–Trinajstić information content (AvgIpc) is 3.05. The second-order valence-corrected chi connectivity index (χ2v) is 9.16. The van der Waals surface area contributed by atoms with Crippen LogP contribution in [0.3, 0.4) is 0 Å². The molecule has 0 aliphatic carbocycles. The number of sulfone groups is 1. The van der Waals surface area contributed by atoms with Gasteiger partial charge in [0, 0.05) is 12.6 Å². The lowest BCUT2D eigenvalue weighted by Crippen LogP contribution is -2.43. The molecule has 0 bridgehead atoms. The Kier molecular flexibility index (Phi) is 6.43. The molecule has 1 atom stereocenters. The third-order valence-electron chi connectivity index (χ3n) is 4.83. The van der Waals surface area contributed by atoms with Gasteiger partial charge in [0.25, 0.3) is 5.91 Å². The SMILES string of the molecule is CCCCN(C(=O)COC(=O)c1ccc2c(c1)OCCO2)[C@@H]1CCS(=O)(=O)C1. The normalized spacial score (nSPS) is 19.8. The van der Waals surface area contributed by atoms with E-state index < -0.39 is 22.4 Å². The molecular weight excluding hydrogens is 386 g/mol. The summed E-state index contributed by atoms with van der Waals surface area (Å²) in [6.07, 6.45) is 2.06.